The van der Waals surface area contributed by atoms with Gasteiger partial charge in [0.05, 0.1) is 6.61 Å². The molecule has 2 rings (SSSR count). The zero-order chi connectivity index (χ0) is 14.2. The summed E-state index contributed by atoms with van der Waals surface area (Å²) in [6.07, 6.45) is 5.51. The first-order valence-corrected chi connectivity index (χ1v) is 8.17. The van der Waals surface area contributed by atoms with Crippen molar-refractivity contribution < 1.29 is 4.74 Å². The molecule has 0 amide bonds. The predicted molar refractivity (Wildman–Crippen MR) is 85.0 cm³/mol. The van der Waals surface area contributed by atoms with E-state index in [1.165, 1.54) is 36.8 Å². The van der Waals surface area contributed by atoms with E-state index in [9.17, 15) is 0 Å². The van der Waals surface area contributed by atoms with Crippen LogP contribution in [0.3, 0.4) is 0 Å². The Hall–Kier alpha value is -0.860. The van der Waals surface area contributed by atoms with Gasteiger partial charge < -0.3 is 10.1 Å². The highest BCUT2D eigenvalue weighted by Crippen LogP contribution is 2.29. The maximum Gasteiger partial charge on any atom is 0.0716 e. The smallest absolute Gasteiger partial charge is 0.0716 e. The second kappa shape index (κ2) is 8.43. The van der Waals surface area contributed by atoms with Crippen molar-refractivity contribution in [3.05, 3.63) is 35.4 Å². The lowest BCUT2D eigenvalue weighted by atomic mass is 9.83. The quantitative estimate of drug-likeness (QED) is 0.685. The molecule has 1 saturated carbocycles. The summed E-state index contributed by atoms with van der Waals surface area (Å²) in [4.78, 5) is 0. The summed E-state index contributed by atoms with van der Waals surface area (Å²) in [6.45, 7) is 8.19. The van der Waals surface area contributed by atoms with Crippen molar-refractivity contribution in [3.8, 4) is 0 Å². The third-order valence-electron chi connectivity index (χ3n) is 4.41. The highest BCUT2D eigenvalue weighted by atomic mass is 16.5. The van der Waals surface area contributed by atoms with Crippen LogP contribution in [0.15, 0.2) is 24.3 Å². The van der Waals surface area contributed by atoms with Gasteiger partial charge in [-0.3, -0.25) is 0 Å². The Balaban J connectivity index is 1.67. The third kappa shape index (κ3) is 4.92. The van der Waals surface area contributed by atoms with Crippen LogP contribution in [0, 0.1) is 5.92 Å². The van der Waals surface area contributed by atoms with Crippen LogP contribution < -0.4 is 5.32 Å². The van der Waals surface area contributed by atoms with Gasteiger partial charge in [0.25, 0.3) is 0 Å². The summed E-state index contributed by atoms with van der Waals surface area (Å²) in [5, 5.41) is 3.40. The van der Waals surface area contributed by atoms with Crippen molar-refractivity contribution in [1.82, 2.24) is 5.32 Å². The summed E-state index contributed by atoms with van der Waals surface area (Å²) in [5.74, 6) is 1.52. The second-order valence-corrected chi connectivity index (χ2v) is 6.09. The lowest BCUT2D eigenvalue weighted by Gasteiger charge is -2.24. The molecule has 0 aromatic heterocycles. The van der Waals surface area contributed by atoms with E-state index in [4.69, 9.17) is 4.74 Å². The standard InChI is InChI=1S/C18H29NO/c1-3-19-13-15(2)18-9-7-17(8-10-18)14-20-12-11-16-5-4-6-16/h7-10,15-16,19H,3-6,11-14H2,1-2H3. The van der Waals surface area contributed by atoms with Crippen LogP contribution in [0.4, 0.5) is 0 Å². The normalized spacial score (nSPS) is 16.9. The summed E-state index contributed by atoms with van der Waals surface area (Å²) in [5.41, 5.74) is 2.70. The molecular weight excluding hydrogens is 246 g/mol. The van der Waals surface area contributed by atoms with Gasteiger partial charge in [-0.25, -0.2) is 0 Å². The summed E-state index contributed by atoms with van der Waals surface area (Å²) < 4.78 is 5.78. The first kappa shape index (κ1) is 15.5. The molecule has 2 heteroatoms. The van der Waals surface area contributed by atoms with Crippen molar-refractivity contribution in [2.45, 2.75) is 52.1 Å². The molecule has 0 saturated heterocycles. The fraction of sp³-hybridized carbons (Fsp3) is 0.667. The number of rotatable bonds is 9. The predicted octanol–water partition coefficient (Wildman–Crippen LogP) is 4.11. The molecule has 1 N–H and O–H groups in total. The Labute approximate surface area is 123 Å². The summed E-state index contributed by atoms with van der Waals surface area (Å²) in [6, 6.07) is 8.90. The van der Waals surface area contributed by atoms with Gasteiger partial charge in [-0.15, -0.1) is 0 Å². The Morgan fingerprint density at radius 1 is 1.25 bits per heavy atom. The van der Waals surface area contributed by atoms with Crippen LogP contribution in [0.1, 0.15) is 56.6 Å². The number of likely N-dealkylation sites (N-methyl/N-ethyl adjacent to an activating group) is 1. The van der Waals surface area contributed by atoms with Gasteiger partial charge in [-0.2, -0.15) is 0 Å². The number of hydrogen-bond acceptors (Lipinski definition) is 2. The zero-order valence-electron chi connectivity index (χ0n) is 13.0. The number of ether oxygens (including phenoxy) is 1. The van der Waals surface area contributed by atoms with Crippen LogP contribution in [0.2, 0.25) is 0 Å². The van der Waals surface area contributed by atoms with Gasteiger partial charge in [0.1, 0.15) is 0 Å². The van der Waals surface area contributed by atoms with E-state index in [2.05, 4.69) is 43.4 Å². The summed E-state index contributed by atoms with van der Waals surface area (Å²) >= 11 is 0. The molecule has 0 spiro atoms. The SMILES string of the molecule is CCNCC(C)c1ccc(COCCC2CCC2)cc1. The van der Waals surface area contributed by atoms with Gasteiger partial charge in [0, 0.05) is 13.2 Å². The van der Waals surface area contributed by atoms with E-state index in [1.54, 1.807) is 0 Å². The number of hydrogen-bond donors (Lipinski definition) is 1. The van der Waals surface area contributed by atoms with Gasteiger partial charge in [-0.05, 0) is 35.9 Å². The van der Waals surface area contributed by atoms with E-state index < -0.39 is 0 Å². The third-order valence-corrected chi connectivity index (χ3v) is 4.41. The van der Waals surface area contributed by atoms with Crippen LogP contribution in [0.25, 0.3) is 0 Å². The Bertz CT molecular complexity index is 370. The fourth-order valence-corrected chi connectivity index (χ4v) is 2.64. The molecule has 0 heterocycles. The first-order valence-electron chi connectivity index (χ1n) is 8.17. The van der Waals surface area contributed by atoms with Crippen molar-refractivity contribution >= 4 is 0 Å². The van der Waals surface area contributed by atoms with Gasteiger partial charge in [0.15, 0.2) is 0 Å². The van der Waals surface area contributed by atoms with Crippen LogP contribution in [-0.2, 0) is 11.3 Å². The monoisotopic (exact) mass is 275 g/mol. The molecule has 1 aliphatic rings. The Morgan fingerprint density at radius 2 is 2.00 bits per heavy atom. The van der Waals surface area contributed by atoms with Gasteiger partial charge in [-0.1, -0.05) is 57.4 Å². The minimum Gasteiger partial charge on any atom is -0.377 e. The van der Waals surface area contributed by atoms with Gasteiger partial charge >= 0.3 is 0 Å². The molecule has 20 heavy (non-hydrogen) atoms. The summed E-state index contributed by atoms with van der Waals surface area (Å²) in [7, 11) is 0. The second-order valence-electron chi connectivity index (χ2n) is 6.09. The van der Waals surface area contributed by atoms with E-state index in [-0.39, 0.29) is 0 Å². The number of benzene rings is 1. The van der Waals surface area contributed by atoms with E-state index in [0.29, 0.717) is 5.92 Å². The molecule has 112 valence electrons. The Kier molecular flexibility index (Phi) is 6.55. The molecule has 1 unspecified atom stereocenters. The molecule has 1 atom stereocenters. The van der Waals surface area contributed by atoms with Crippen molar-refractivity contribution in [3.63, 3.8) is 0 Å². The average Bonchev–Trinajstić information content (AvgIpc) is 2.43. The molecule has 1 aliphatic carbocycles. The average molecular weight is 275 g/mol. The zero-order valence-corrected chi connectivity index (χ0v) is 13.0. The topological polar surface area (TPSA) is 21.3 Å². The largest absolute Gasteiger partial charge is 0.377 e. The lowest BCUT2D eigenvalue weighted by Crippen LogP contribution is -2.19. The molecule has 2 nitrogen and oxygen atoms in total. The van der Waals surface area contributed by atoms with Crippen molar-refractivity contribution in [1.29, 1.82) is 0 Å². The minimum atomic E-state index is 0.573. The molecule has 0 radical (unpaired) electrons. The fourth-order valence-electron chi connectivity index (χ4n) is 2.64. The van der Waals surface area contributed by atoms with Crippen LogP contribution in [0.5, 0.6) is 0 Å². The maximum atomic E-state index is 5.78. The number of nitrogens with one attached hydrogen (secondary N) is 1. The van der Waals surface area contributed by atoms with Crippen molar-refractivity contribution in [2.75, 3.05) is 19.7 Å². The molecular formula is C18H29NO. The van der Waals surface area contributed by atoms with Crippen LogP contribution >= 0.6 is 0 Å². The highest BCUT2D eigenvalue weighted by Gasteiger charge is 2.16. The van der Waals surface area contributed by atoms with E-state index >= 15 is 0 Å². The first-order chi connectivity index (χ1) is 9.79. The minimum absolute atomic E-state index is 0.573. The molecule has 1 aromatic carbocycles. The lowest BCUT2D eigenvalue weighted by molar-refractivity contribution is 0.0950. The van der Waals surface area contributed by atoms with Crippen molar-refractivity contribution in [2.24, 2.45) is 5.92 Å². The Morgan fingerprint density at radius 3 is 2.60 bits per heavy atom. The highest BCUT2D eigenvalue weighted by molar-refractivity contribution is 5.24. The van der Waals surface area contributed by atoms with Crippen LogP contribution in [-0.4, -0.2) is 19.7 Å². The van der Waals surface area contributed by atoms with E-state index in [1.807, 2.05) is 0 Å². The maximum absolute atomic E-state index is 5.78. The molecule has 0 bridgehead atoms. The van der Waals surface area contributed by atoms with E-state index in [0.717, 1.165) is 32.2 Å². The molecule has 1 fully saturated rings. The molecule has 0 aliphatic heterocycles. The van der Waals surface area contributed by atoms with Gasteiger partial charge in [0.2, 0.25) is 0 Å². The molecule has 1 aromatic rings.